The number of carbonyl (C=O) groups excluding carboxylic acids is 2. The molecule has 0 spiro atoms. The highest BCUT2D eigenvalue weighted by Crippen LogP contribution is 2.34. The van der Waals surface area contributed by atoms with E-state index in [2.05, 4.69) is 4.98 Å². The number of amides is 2. The normalized spacial score (nSPS) is 19.5. The molecule has 2 aromatic rings. The second-order valence-corrected chi connectivity index (χ2v) is 7.49. The van der Waals surface area contributed by atoms with E-state index in [-0.39, 0.29) is 17.9 Å². The van der Waals surface area contributed by atoms with Crippen LogP contribution < -0.4 is 4.90 Å². The minimum atomic E-state index is -0.121. The highest BCUT2D eigenvalue weighted by Gasteiger charge is 2.33. The average Bonchev–Trinajstić information content (AvgIpc) is 2.71. The number of aryl methyl sites for hydroxylation is 1. The fourth-order valence-corrected chi connectivity index (χ4v) is 4.15. The topological polar surface area (TPSA) is 79.3 Å². The molecule has 2 aromatic heterocycles. The molecule has 0 bridgehead atoms. The van der Waals surface area contributed by atoms with Crippen LogP contribution in [0, 0.1) is 6.92 Å². The molecule has 0 N–H and O–H groups in total. The molecule has 0 unspecified atom stereocenters. The van der Waals surface area contributed by atoms with Crippen LogP contribution in [0.25, 0.3) is 0 Å². The van der Waals surface area contributed by atoms with Gasteiger partial charge in [0.15, 0.2) is 5.82 Å². The van der Waals surface area contributed by atoms with Crippen molar-refractivity contribution in [3.05, 3.63) is 47.2 Å². The monoisotopic (exact) mass is 379 g/mol. The summed E-state index contributed by atoms with van der Waals surface area (Å²) >= 11 is 0. The zero-order valence-corrected chi connectivity index (χ0v) is 16.4. The van der Waals surface area contributed by atoms with Crippen LogP contribution in [0.2, 0.25) is 0 Å². The van der Waals surface area contributed by atoms with Crippen molar-refractivity contribution in [2.75, 3.05) is 11.4 Å². The van der Waals surface area contributed by atoms with E-state index >= 15 is 0 Å². The van der Waals surface area contributed by atoms with Gasteiger partial charge >= 0.3 is 0 Å². The summed E-state index contributed by atoms with van der Waals surface area (Å²) in [4.78, 5) is 42.3. The molecular weight excluding hydrogens is 354 g/mol. The van der Waals surface area contributed by atoms with Gasteiger partial charge in [0.05, 0.1) is 18.3 Å². The van der Waals surface area contributed by atoms with Crippen LogP contribution >= 0.6 is 0 Å². The van der Waals surface area contributed by atoms with Gasteiger partial charge in [0.25, 0.3) is 0 Å². The number of fused-ring (bicyclic) bond motifs is 1. The van der Waals surface area contributed by atoms with E-state index in [9.17, 15) is 9.59 Å². The lowest BCUT2D eigenvalue weighted by Crippen LogP contribution is -2.40. The predicted octanol–water partition coefficient (Wildman–Crippen LogP) is 2.73. The van der Waals surface area contributed by atoms with E-state index in [0.717, 1.165) is 42.8 Å². The summed E-state index contributed by atoms with van der Waals surface area (Å²) in [5.74, 6) is 1.42. The molecule has 0 saturated carbocycles. The van der Waals surface area contributed by atoms with Crippen LogP contribution in [0.5, 0.6) is 0 Å². The number of carbonyl (C=O) groups is 2. The van der Waals surface area contributed by atoms with Crippen LogP contribution in [0.1, 0.15) is 61.4 Å². The van der Waals surface area contributed by atoms with Gasteiger partial charge in [0, 0.05) is 37.3 Å². The first kappa shape index (κ1) is 18.5. The number of piperidine rings is 1. The molecule has 7 heteroatoms. The molecule has 146 valence electrons. The van der Waals surface area contributed by atoms with E-state index in [4.69, 9.17) is 9.97 Å². The van der Waals surface area contributed by atoms with Gasteiger partial charge in [-0.3, -0.25) is 19.5 Å². The molecule has 2 amide bonds. The van der Waals surface area contributed by atoms with Gasteiger partial charge in [-0.05, 0) is 44.7 Å². The fourth-order valence-electron chi connectivity index (χ4n) is 4.15. The summed E-state index contributed by atoms with van der Waals surface area (Å²) in [6.45, 7) is 4.69. The number of nitrogens with zero attached hydrogens (tertiary/aromatic N) is 5. The summed E-state index contributed by atoms with van der Waals surface area (Å²) < 4.78 is 0. The van der Waals surface area contributed by atoms with Crippen LogP contribution in [-0.4, -0.2) is 38.2 Å². The maximum absolute atomic E-state index is 12.7. The van der Waals surface area contributed by atoms with Crippen LogP contribution in [0.15, 0.2) is 24.4 Å². The number of pyridine rings is 1. The quantitative estimate of drug-likeness (QED) is 0.819. The smallest absolute Gasteiger partial charge is 0.228 e. The van der Waals surface area contributed by atoms with E-state index in [1.807, 2.05) is 30.0 Å². The first-order valence-electron chi connectivity index (χ1n) is 9.89. The molecule has 28 heavy (non-hydrogen) atoms. The Morgan fingerprint density at radius 1 is 1.21 bits per heavy atom. The molecule has 1 saturated heterocycles. The van der Waals surface area contributed by atoms with Gasteiger partial charge in [-0.25, -0.2) is 9.97 Å². The first-order chi connectivity index (χ1) is 13.5. The van der Waals surface area contributed by atoms with Crippen molar-refractivity contribution in [2.24, 2.45) is 0 Å². The van der Waals surface area contributed by atoms with E-state index in [1.54, 1.807) is 18.0 Å². The Balaban J connectivity index is 1.73. The number of anilines is 1. The van der Waals surface area contributed by atoms with E-state index in [1.165, 1.54) is 0 Å². The van der Waals surface area contributed by atoms with Crippen LogP contribution in [0.3, 0.4) is 0 Å². The second-order valence-electron chi connectivity index (χ2n) is 7.49. The molecule has 2 aliphatic rings. The number of aromatic nitrogens is 3. The third kappa shape index (κ3) is 3.48. The minimum Gasteiger partial charge on any atom is -0.333 e. The Morgan fingerprint density at radius 2 is 2.07 bits per heavy atom. The fraction of sp³-hybridized carbons (Fsp3) is 0.476. The standard InChI is InChI=1S/C21H25N5O2/c1-14-17-9-10-19(28)26(13-16-7-3-5-11-22-16)21(17)24-20(23-14)18-8-4-6-12-25(18)15(2)27/h3,5,7,11,18H,4,6,8-10,12-13H2,1-2H3/t18-/m0/s1. The SMILES string of the molecule is CC(=O)N1CCCC[C@H]1c1nc(C)c2c(n1)N(Cc1ccccn1)C(=O)CC2. The largest absolute Gasteiger partial charge is 0.333 e. The third-order valence-electron chi connectivity index (χ3n) is 5.61. The Labute approximate surface area is 164 Å². The maximum Gasteiger partial charge on any atom is 0.228 e. The summed E-state index contributed by atoms with van der Waals surface area (Å²) in [7, 11) is 0. The third-order valence-corrected chi connectivity index (χ3v) is 5.61. The molecule has 1 atom stereocenters. The molecule has 0 radical (unpaired) electrons. The zero-order chi connectivity index (χ0) is 19.7. The molecule has 2 aliphatic heterocycles. The number of likely N-dealkylation sites (tertiary alicyclic amines) is 1. The van der Waals surface area contributed by atoms with Crippen LogP contribution in [0.4, 0.5) is 5.82 Å². The van der Waals surface area contributed by atoms with Gasteiger partial charge in [0.2, 0.25) is 11.8 Å². The van der Waals surface area contributed by atoms with Gasteiger partial charge in [-0.1, -0.05) is 6.07 Å². The minimum absolute atomic E-state index is 0.0464. The lowest BCUT2D eigenvalue weighted by Gasteiger charge is -2.35. The zero-order valence-electron chi connectivity index (χ0n) is 16.4. The second kappa shape index (κ2) is 7.66. The number of hydrogen-bond donors (Lipinski definition) is 0. The highest BCUT2D eigenvalue weighted by atomic mass is 16.2. The Bertz CT molecular complexity index is 899. The average molecular weight is 379 g/mol. The van der Waals surface area contributed by atoms with Gasteiger partial charge in [-0.15, -0.1) is 0 Å². The van der Waals surface area contributed by atoms with Gasteiger partial charge in [-0.2, -0.15) is 0 Å². The predicted molar refractivity (Wildman–Crippen MR) is 104 cm³/mol. The maximum atomic E-state index is 12.7. The first-order valence-corrected chi connectivity index (χ1v) is 9.89. The Morgan fingerprint density at radius 3 is 2.82 bits per heavy atom. The Hall–Kier alpha value is -2.83. The van der Waals surface area contributed by atoms with Crippen molar-refractivity contribution >= 4 is 17.6 Å². The van der Waals surface area contributed by atoms with E-state index < -0.39 is 0 Å². The molecular formula is C21H25N5O2. The number of hydrogen-bond acceptors (Lipinski definition) is 5. The molecule has 4 rings (SSSR count). The van der Waals surface area contributed by atoms with Crippen molar-refractivity contribution in [2.45, 2.75) is 58.5 Å². The lowest BCUT2D eigenvalue weighted by atomic mass is 9.99. The van der Waals surface area contributed by atoms with Crippen molar-refractivity contribution < 1.29 is 9.59 Å². The lowest BCUT2D eigenvalue weighted by molar-refractivity contribution is -0.132. The van der Waals surface area contributed by atoms with Crippen LogP contribution in [-0.2, 0) is 22.6 Å². The summed E-state index contributed by atoms with van der Waals surface area (Å²) in [6.07, 6.45) is 5.74. The highest BCUT2D eigenvalue weighted by molar-refractivity contribution is 5.95. The van der Waals surface area contributed by atoms with Gasteiger partial charge < -0.3 is 4.90 Å². The van der Waals surface area contributed by atoms with Crippen molar-refractivity contribution in [3.63, 3.8) is 0 Å². The molecule has 1 fully saturated rings. The molecule has 4 heterocycles. The molecule has 0 aromatic carbocycles. The molecule has 0 aliphatic carbocycles. The van der Waals surface area contributed by atoms with E-state index in [0.29, 0.717) is 31.0 Å². The van der Waals surface area contributed by atoms with Crippen molar-refractivity contribution in [1.29, 1.82) is 0 Å². The summed E-state index contributed by atoms with van der Waals surface area (Å²) in [6, 6.07) is 5.57. The van der Waals surface area contributed by atoms with Gasteiger partial charge in [0.1, 0.15) is 5.82 Å². The van der Waals surface area contributed by atoms with Crippen molar-refractivity contribution in [1.82, 2.24) is 19.9 Å². The summed E-state index contributed by atoms with van der Waals surface area (Å²) in [5, 5.41) is 0. The van der Waals surface area contributed by atoms with Crippen molar-refractivity contribution in [3.8, 4) is 0 Å². The Kier molecular flexibility index (Phi) is 5.07. The number of rotatable bonds is 3. The molecule has 7 nitrogen and oxygen atoms in total. The summed E-state index contributed by atoms with van der Waals surface area (Å²) in [5.41, 5.74) is 2.74.